The zero-order valence-corrected chi connectivity index (χ0v) is 26.6. The minimum absolute atomic E-state index is 0. The molecule has 0 aromatic carbocycles. The third kappa shape index (κ3) is 8.92. The van der Waals surface area contributed by atoms with Gasteiger partial charge in [0.2, 0.25) is 17.7 Å². The predicted molar refractivity (Wildman–Crippen MR) is 140 cm³/mol. The van der Waals surface area contributed by atoms with E-state index in [9.17, 15) is 28.8 Å². The van der Waals surface area contributed by atoms with Crippen molar-refractivity contribution in [3.05, 3.63) is 0 Å². The first-order chi connectivity index (χ1) is 18.6. The molecule has 0 aromatic heterocycles. The van der Waals surface area contributed by atoms with E-state index in [-0.39, 0.29) is 87.4 Å². The van der Waals surface area contributed by atoms with Gasteiger partial charge in [0, 0.05) is 65.8 Å². The fourth-order valence-electron chi connectivity index (χ4n) is 5.39. The number of hydrazine groups is 2. The van der Waals surface area contributed by atoms with Crippen molar-refractivity contribution >= 4 is 35.9 Å². The Morgan fingerprint density at radius 2 is 1.12 bits per heavy atom. The largest absolute Gasteiger partial charge is 0.518 e. The summed E-state index contributed by atoms with van der Waals surface area (Å²) in [5, 5.41) is 10.8. The molecule has 1 unspecified atom stereocenters. The summed E-state index contributed by atoms with van der Waals surface area (Å²) in [6.07, 6.45) is 6.92. The molecule has 0 bridgehead atoms. The van der Waals surface area contributed by atoms with Gasteiger partial charge in [0.25, 0.3) is 11.8 Å². The second-order valence-electron chi connectivity index (χ2n) is 10.3. The van der Waals surface area contributed by atoms with Crippen molar-refractivity contribution in [2.45, 2.75) is 57.5 Å². The van der Waals surface area contributed by atoms with Crippen LogP contribution < -0.4 is 10.6 Å². The molecule has 40 heavy (non-hydrogen) atoms. The van der Waals surface area contributed by atoms with Gasteiger partial charge >= 0.3 is 0 Å². The number of amides is 6. The summed E-state index contributed by atoms with van der Waals surface area (Å²) >= 11 is 0. The molecule has 0 spiro atoms. The first-order valence-corrected chi connectivity index (χ1v) is 13.6. The Bertz CT molecular complexity index is 939. The average molecular weight is 639 g/mol. The summed E-state index contributed by atoms with van der Waals surface area (Å²) in [7, 11) is 3.82. The maximum atomic E-state index is 12.1. The Balaban J connectivity index is 0.000000274. The van der Waals surface area contributed by atoms with E-state index >= 15 is 0 Å². The van der Waals surface area contributed by atoms with Crippen LogP contribution in [0, 0.1) is 0 Å². The van der Waals surface area contributed by atoms with E-state index in [0.29, 0.717) is 26.2 Å². The standard InChI is InChI=1S/C13H22N4O3.C12H19N4O3.Y/c1-10(18)16-7-4-8-17(16)12(19)9-14-13(20)11-5-3-6-15(11)2;1-14-5-2-4-10(14)12(19)13-8-11(18)16-7-3-6-15(16)9-17;/h11H,3-9H2,1-2H3,(H,14,20);10H,2-8H2,1H3,(H,13,19);/q;-1;/t;10-;/m.0./s1. The van der Waals surface area contributed by atoms with E-state index in [1.807, 2.05) is 23.9 Å². The molecule has 4 fully saturated rings. The number of hydrogen-bond donors (Lipinski definition) is 2. The molecule has 6 amide bonds. The van der Waals surface area contributed by atoms with E-state index in [2.05, 4.69) is 10.6 Å². The number of likely N-dealkylation sites (tertiary alicyclic amines) is 2. The zero-order valence-electron chi connectivity index (χ0n) is 23.8. The molecular weight excluding hydrogens is 597 g/mol. The summed E-state index contributed by atoms with van der Waals surface area (Å²) in [6, 6.07) is -0.273. The average Bonchev–Trinajstić information content (AvgIpc) is 3.72. The fraction of sp³-hybridized carbons (Fsp3) is 0.760. The molecule has 0 aliphatic carbocycles. The van der Waals surface area contributed by atoms with Gasteiger partial charge in [0.05, 0.1) is 25.2 Å². The smallest absolute Gasteiger partial charge is 0.260 e. The van der Waals surface area contributed by atoms with E-state index in [1.54, 1.807) is 6.41 Å². The van der Waals surface area contributed by atoms with Crippen LogP contribution in [0.3, 0.4) is 0 Å². The first kappa shape index (κ1) is 34.0. The number of carbonyl (C=O) groups excluding carboxylic acids is 6. The molecule has 15 heteroatoms. The molecular formula is C25H41N8O6Y-. The summed E-state index contributed by atoms with van der Waals surface area (Å²) in [5.41, 5.74) is 0. The summed E-state index contributed by atoms with van der Waals surface area (Å²) in [4.78, 5) is 73.9. The first-order valence-electron chi connectivity index (χ1n) is 13.6. The molecule has 2 atom stereocenters. The minimum Gasteiger partial charge on any atom is -0.518 e. The van der Waals surface area contributed by atoms with Gasteiger partial charge in [-0.05, 0) is 65.7 Å². The van der Waals surface area contributed by atoms with Crippen LogP contribution >= 0.6 is 0 Å². The maximum absolute atomic E-state index is 12.1. The Hall–Kier alpha value is -2.16. The Morgan fingerprint density at radius 1 is 0.675 bits per heavy atom. The summed E-state index contributed by atoms with van der Waals surface area (Å²) < 4.78 is 0. The van der Waals surface area contributed by atoms with Crippen molar-refractivity contribution in [1.82, 2.24) is 40.5 Å². The van der Waals surface area contributed by atoms with Crippen molar-refractivity contribution in [1.29, 1.82) is 0 Å². The Kier molecular flexibility index (Phi) is 13.9. The van der Waals surface area contributed by atoms with Crippen LogP contribution in [-0.4, -0.2) is 144 Å². The van der Waals surface area contributed by atoms with Crippen LogP contribution in [0.4, 0.5) is 0 Å². The van der Waals surface area contributed by atoms with Crippen LogP contribution in [-0.2, 0) is 61.5 Å². The second kappa shape index (κ2) is 16.3. The molecule has 4 saturated heterocycles. The fourth-order valence-corrected chi connectivity index (χ4v) is 5.39. The van der Waals surface area contributed by atoms with Crippen LogP contribution in [0.15, 0.2) is 0 Å². The van der Waals surface area contributed by atoms with Gasteiger partial charge in [-0.25, -0.2) is 5.01 Å². The molecule has 4 rings (SSSR count). The number of likely N-dealkylation sites (N-methyl/N-ethyl adjacent to an activating group) is 2. The monoisotopic (exact) mass is 638 g/mol. The molecule has 1 radical (unpaired) electrons. The number of rotatable bonds is 7. The van der Waals surface area contributed by atoms with Crippen molar-refractivity contribution in [3.63, 3.8) is 0 Å². The number of carbonyl (C=O) groups is 5. The SMILES string of the molecule is CC(=O)N1CCCN1C(=O)CNC(=O)C1CCCN1C.CN1CCC[C@H]1C(=O)NCC(=O)N1CCCN1[C-]=O.[Y]. The van der Waals surface area contributed by atoms with Crippen molar-refractivity contribution in [2.24, 2.45) is 0 Å². The quantitative estimate of drug-likeness (QED) is 0.302. The normalized spacial score (nSPS) is 22.9. The second-order valence-corrected chi connectivity index (χ2v) is 10.3. The number of nitrogens with one attached hydrogen (secondary N) is 2. The van der Waals surface area contributed by atoms with Gasteiger partial charge in [-0.1, -0.05) is 0 Å². The predicted octanol–water partition coefficient (Wildman–Crippen LogP) is -2.10. The number of nitrogens with zero attached hydrogens (tertiary/aromatic N) is 6. The van der Waals surface area contributed by atoms with Crippen LogP contribution in [0.5, 0.6) is 0 Å². The third-order valence-electron chi connectivity index (χ3n) is 7.58. The van der Waals surface area contributed by atoms with Crippen molar-refractivity contribution < 1.29 is 61.5 Å². The van der Waals surface area contributed by atoms with Gasteiger partial charge in [-0.2, -0.15) is 0 Å². The summed E-state index contributed by atoms with van der Waals surface area (Å²) in [5.74, 6) is -0.861. The van der Waals surface area contributed by atoms with E-state index in [1.165, 1.54) is 27.0 Å². The van der Waals surface area contributed by atoms with Gasteiger partial charge in [-0.15, -0.1) is 6.41 Å². The summed E-state index contributed by atoms with van der Waals surface area (Å²) in [6.45, 7) is 5.27. The Labute approximate surface area is 260 Å². The van der Waals surface area contributed by atoms with Gasteiger partial charge < -0.3 is 20.4 Å². The van der Waals surface area contributed by atoms with Gasteiger partial charge in [0.15, 0.2) is 0 Å². The minimum atomic E-state index is -0.269. The van der Waals surface area contributed by atoms with Crippen LogP contribution in [0.2, 0.25) is 0 Å². The van der Waals surface area contributed by atoms with E-state index in [0.717, 1.165) is 51.6 Å². The topological polar surface area (TPSA) is 146 Å². The van der Waals surface area contributed by atoms with Gasteiger partial charge in [0.1, 0.15) is 0 Å². The number of hydrogen-bond acceptors (Lipinski definition) is 8. The molecule has 4 heterocycles. The van der Waals surface area contributed by atoms with E-state index < -0.39 is 0 Å². The molecule has 2 N–H and O–H groups in total. The van der Waals surface area contributed by atoms with Crippen LogP contribution in [0.25, 0.3) is 0 Å². The molecule has 14 nitrogen and oxygen atoms in total. The molecule has 4 aliphatic heterocycles. The molecule has 4 aliphatic rings. The third-order valence-corrected chi connectivity index (χ3v) is 7.58. The molecule has 0 aromatic rings. The Morgan fingerprint density at radius 3 is 1.57 bits per heavy atom. The molecule has 221 valence electrons. The van der Waals surface area contributed by atoms with E-state index in [4.69, 9.17) is 0 Å². The van der Waals surface area contributed by atoms with Gasteiger partial charge in [-0.3, -0.25) is 43.8 Å². The maximum Gasteiger partial charge on any atom is 0.260 e. The molecule has 0 saturated carbocycles. The zero-order chi connectivity index (χ0) is 28.5. The van der Waals surface area contributed by atoms with Crippen LogP contribution in [0.1, 0.15) is 45.4 Å². The van der Waals surface area contributed by atoms with Crippen molar-refractivity contribution in [3.8, 4) is 0 Å². The van der Waals surface area contributed by atoms with Crippen molar-refractivity contribution in [2.75, 3.05) is 66.5 Å².